The first-order chi connectivity index (χ1) is 17.3. The van der Waals surface area contributed by atoms with E-state index in [1.54, 1.807) is 20.3 Å². The van der Waals surface area contributed by atoms with Crippen LogP contribution in [-0.2, 0) is 14.3 Å². The third-order valence-corrected chi connectivity index (χ3v) is 7.28. The lowest BCUT2D eigenvalue weighted by Crippen LogP contribution is -2.36. The van der Waals surface area contributed by atoms with Gasteiger partial charge in [0.2, 0.25) is 0 Å². The second-order valence-electron chi connectivity index (χ2n) is 9.30. The molecule has 0 saturated heterocycles. The summed E-state index contributed by atoms with van der Waals surface area (Å²) >= 11 is 6.08. The fourth-order valence-electron chi connectivity index (χ4n) is 4.98. The Labute approximate surface area is 217 Å². The monoisotopic (exact) mass is 509 g/mol. The molecular weight excluding hydrogens is 478 g/mol. The number of carbonyl (C=O) groups excluding carboxylic acids is 2. The van der Waals surface area contributed by atoms with Gasteiger partial charge in [-0.05, 0) is 56.4 Å². The molecule has 0 aromatic heterocycles. The minimum Gasteiger partial charge on any atom is -0.497 e. The number of halogens is 1. The smallest absolute Gasteiger partial charge is 0.337 e. The van der Waals surface area contributed by atoms with Crippen molar-refractivity contribution in [1.29, 1.82) is 0 Å². The van der Waals surface area contributed by atoms with Gasteiger partial charge in [0.25, 0.3) is 0 Å². The SMILES string of the molecule is CC[C@@H](C)OC(=O)C1=C(C)NC2=C(C(=O)C[C@H](c3ccc(Cl)cc3)C2)[C@@H]1c1ccc(OC)cc1OC. The molecule has 6 nitrogen and oxygen atoms in total. The Kier molecular flexibility index (Phi) is 7.74. The van der Waals surface area contributed by atoms with Crippen LogP contribution in [0.4, 0.5) is 0 Å². The van der Waals surface area contributed by atoms with E-state index in [9.17, 15) is 9.59 Å². The standard InChI is InChI=1S/C29H32ClNO5/c1-6-16(2)36-29(33)26-17(3)31-23-13-19(18-7-9-20(30)10-8-18)14-24(32)28(23)27(26)22-12-11-21(34-4)15-25(22)35-5/h7-12,15-16,19,27,31H,6,13-14H2,1-5H3/t16-,19-,27-/m1/s1. The van der Waals surface area contributed by atoms with Gasteiger partial charge in [-0.2, -0.15) is 0 Å². The lowest BCUT2D eigenvalue weighted by Gasteiger charge is -2.37. The molecule has 0 unspecified atom stereocenters. The Morgan fingerprint density at radius 2 is 1.83 bits per heavy atom. The molecule has 2 aliphatic rings. The van der Waals surface area contributed by atoms with Gasteiger partial charge in [0, 0.05) is 40.0 Å². The van der Waals surface area contributed by atoms with Crippen molar-refractivity contribution in [2.75, 3.05) is 14.2 Å². The number of esters is 1. The highest BCUT2D eigenvalue weighted by atomic mass is 35.5. The summed E-state index contributed by atoms with van der Waals surface area (Å²) in [5.74, 6) is 0.130. The molecule has 2 aromatic rings. The summed E-state index contributed by atoms with van der Waals surface area (Å²) in [6.45, 7) is 5.68. The van der Waals surface area contributed by atoms with E-state index in [1.807, 2.05) is 57.2 Å². The first kappa shape index (κ1) is 25.8. The van der Waals surface area contributed by atoms with Gasteiger partial charge in [-0.3, -0.25) is 4.79 Å². The van der Waals surface area contributed by atoms with E-state index in [0.717, 1.165) is 16.8 Å². The molecule has 4 rings (SSSR count). The summed E-state index contributed by atoms with van der Waals surface area (Å²) in [6, 6.07) is 13.1. The van der Waals surface area contributed by atoms with Crippen LogP contribution in [0, 0.1) is 0 Å². The number of Topliss-reactive ketones (excluding diaryl/α,β-unsaturated/α-hetero) is 1. The van der Waals surface area contributed by atoms with Crippen LogP contribution in [0.15, 0.2) is 65.0 Å². The molecule has 0 fully saturated rings. The molecule has 1 aliphatic carbocycles. The number of carbonyl (C=O) groups is 2. The third kappa shape index (κ3) is 5.00. The normalized spacial score (nSPS) is 20.4. The molecule has 0 spiro atoms. The zero-order valence-electron chi connectivity index (χ0n) is 21.3. The van der Waals surface area contributed by atoms with Crippen molar-refractivity contribution in [3.63, 3.8) is 0 Å². The van der Waals surface area contributed by atoms with Gasteiger partial charge in [0.15, 0.2) is 5.78 Å². The minimum absolute atomic E-state index is 0.00656. The molecule has 0 saturated carbocycles. The lowest BCUT2D eigenvalue weighted by molar-refractivity contribution is -0.144. The van der Waals surface area contributed by atoms with Gasteiger partial charge >= 0.3 is 5.97 Å². The predicted molar refractivity (Wildman–Crippen MR) is 139 cm³/mol. The van der Waals surface area contributed by atoms with E-state index in [1.165, 1.54) is 0 Å². The molecule has 0 radical (unpaired) electrons. The van der Waals surface area contributed by atoms with Gasteiger partial charge in [-0.25, -0.2) is 4.79 Å². The maximum atomic E-state index is 13.8. The summed E-state index contributed by atoms with van der Waals surface area (Å²) < 4.78 is 16.8. The average Bonchev–Trinajstić information content (AvgIpc) is 2.87. The van der Waals surface area contributed by atoms with Crippen molar-refractivity contribution in [2.24, 2.45) is 0 Å². The van der Waals surface area contributed by atoms with Crippen LogP contribution >= 0.6 is 11.6 Å². The van der Waals surface area contributed by atoms with Crippen LogP contribution in [-0.4, -0.2) is 32.1 Å². The van der Waals surface area contributed by atoms with E-state index in [4.69, 9.17) is 25.8 Å². The number of hydrogen-bond donors (Lipinski definition) is 1. The van der Waals surface area contributed by atoms with Crippen molar-refractivity contribution in [3.8, 4) is 11.5 Å². The summed E-state index contributed by atoms with van der Waals surface area (Å²) in [5, 5.41) is 4.05. The van der Waals surface area contributed by atoms with Crippen molar-refractivity contribution in [2.45, 2.75) is 58.0 Å². The number of dihydropyridines is 1. The Balaban J connectivity index is 1.83. The summed E-state index contributed by atoms with van der Waals surface area (Å²) in [4.78, 5) is 27.2. The van der Waals surface area contributed by atoms with Crippen molar-refractivity contribution < 1.29 is 23.8 Å². The molecule has 36 heavy (non-hydrogen) atoms. The molecule has 7 heteroatoms. The van der Waals surface area contributed by atoms with Crippen LogP contribution < -0.4 is 14.8 Å². The molecule has 1 aliphatic heterocycles. The van der Waals surface area contributed by atoms with Crippen LogP contribution in [0.3, 0.4) is 0 Å². The van der Waals surface area contributed by atoms with Crippen molar-refractivity contribution in [3.05, 3.63) is 81.2 Å². The number of ether oxygens (including phenoxy) is 3. The molecule has 1 heterocycles. The van der Waals surface area contributed by atoms with Gasteiger partial charge in [-0.15, -0.1) is 0 Å². The fourth-order valence-corrected chi connectivity index (χ4v) is 5.10. The molecule has 190 valence electrons. The molecule has 3 atom stereocenters. The van der Waals surface area contributed by atoms with E-state index >= 15 is 0 Å². The van der Waals surface area contributed by atoms with Crippen LogP contribution in [0.5, 0.6) is 11.5 Å². The highest BCUT2D eigenvalue weighted by Crippen LogP contribution is 2.48. The van der Waals surface area contributed by atoms with Gasteiger partial charge in [0.05, 0.1) is 31.8 Å². The quantitative estimate of drug-likeness (QED) is 0.457. The predicted octanol–water partition coefficient (Wildman–Crippen LogP) is 6.06. The van der Waals surface area contributed by atoms with Crippen molar-refractivity contribution in [1.82, 2.24) is 5.32 Å². The second-order valence-corrected chi connectivity index (χ2v) is 9.74. The zero-order chi connectivity index (χ0) is 26.0. The first-order valence-corrected chi connectivity index (χ1v) is 12.6. The Morgan fingerprint density at radius 3 is 2.47 bits per heavy atom. The molecule has 0 amide bonds. The van der Waals surface area contributed by atoms with Crippen molar-refractivity contribution >= 4 is 23.4 Å². The van der Waals surface area contributed by atoms with Crippen LogP contribution in [0.25, 0.3) is 0 Å². The summed E-state index contributed by atoms with van der Waals surface area (Å²) in [5.41, 5.74) is 4.30. The number of hydrogen-bond acceptors (Lipinski definition) is 6. The number of methoxy groups -OCH3 is 2. The Morgan fingerprint density at radius 1 is 1.11 bits per heavy atom. The number of rotatable bonds is 7. The first-order valence-electron chi connectivity index (χ1n) is 12.2. The maximum absolute atomic E-state index is 13.8. The number of benzene rings is 2. The second kappa shape index (κ2) is 10.8. The van der Waals surface area contributed by atoms with E-state index in [0.29, 0.717) is 52.6 Å². The van der Waals surface area contributed by atoms with Gasteiger partial charge in [0.1, 0.15) is 11.5 Å². The molecule has 2 aromatic carbocycles. The topological polar surface area (TPSA) is 73.9 Å². The molecule has 1 N–H and O–H groups in total. The third-order valence-electron chi connectivity index (χ3n) is 7.02. The van der Waals surface area contributed by atoms with Crippen LogP contribution in [0.2, 0.25) is 5.02 Å². The Bertz CT molecular complexity index is 1230. The van der Waals surface area contributed by atoms with Crippen LogP contribution in [0.1, 0.15) is 63.0 Å². The fraction of sp³-hybridized carbons (Fsp3) is 0.379. The van der Waals surface area contributed by atoms with Gasteiger partial charge < -0.3 is 19.5 Å². The highest BCUT2D eigenvalue weighted by Gasteiger charge is 2.42. The van der Waals surface area contributed by atoms with E-state index in [-0.39, 0.29) is 17.8 Å². The number of nitrogens with one attached hydrogen (secondary N) is 1. The molecular formula is C29H32ClNO5. The molecule has 0 bridgehead atoms. The number of allylic oxidation sites excluding steroid dienone is 3. The Hall–Kier alpha value is -3.25. The average molecular weight is 510 g/mol. The number of ketones is 1. The summed E-state index contributed by atoms with van der Waals surface area (Å²) in [6.07, 6.45) is 1.42. The maximum Gasteiger partial charge on any atom is 0.337 e. The zero-order valence-corrected chi connectivity index (χ0v) is 22.1. The van der Waals surface area contributed by atoms with Gasteiger partial charge in [-0.1, -0.05) is 36.7 Å². The largest absolute Gasteiger partial charge is 0.497 e. The summed E-state index contributed by atoms with van der Waals surface area (Å²) in [7, 11) is 3.15. The highest BCUT2D eigenvalue weighted by molar-refractivity contribution is 6.30. The minimum atomic E-state index is -0.614. The lowest BCUT2D eigenvalue weighted by atomic mass is 9.71. The van der Waals surface area contributed by atoms with E-state index < -0.39 is 11.9 Å². The van der Waals surface area contributed by atoms with E-state index in [2.05, 4.69) is 5.32 Å².